The average molecular weight is 333 g/mol. The van der Waals surface area contributed by atoms with E-state index < -0.39 is 0 Å². The molecule has 0 saturated heterocycles. The third-order valence-corrected chi connectivity index (χ3v) is 4.70. The topological polar surface area (TPSA) is 30.9 Å². The van der Waals surface area contributed by atoms with Crippen molar-refractivity contribution in [3.05, 3.63) is 51.8 Å². The van der Waals surface area contributed by atoms with Gasteiger partial charge in [0.15, 0.2) is 0 Å². The van der Waals surface area contributed by atoms with E-state index in [0.29, 0.717) is 0 Å². The van der Waals surface area contributed by atoms with Gasteiger partial charge in [0.05, 0.1) is 0 Å². The Hall–Kier alpha value is -1.06. The van der Waals surface area contributed by atoms with Gasteiger partial charge in [0, 0.05) is 27.6 Å². The first-order chi connectivity index (χ1) is 9.37. The summed E-state index contributed by atoms with van der Waals surface area (Å²) in [5, 5.41) is 0. The zero-order chi connectivity index (χ0) is 14.5. The van der Waals surface area contributed by atoms with E-state index >= 15 is 0 Å². The molecule has 0 fully saturated rings. The van der Waals surface area contributed by atoms with E-state index in [2.05, 4.69) is 71.6 Å². The second-order valence-electron chi connectivity index (χ2n) is 6.65. The summed E-state index contributed by atoms with van der Waals surface area (Å²) < 4.78 is 3.47. The molecule has 3 heteroatoms. The first-order valence-corrected chi connectivity index (χ1v) is 7.89. The van der Waals surface area contributed by atoms with Gasteiger partial charge in [-0.05, 0) is 55.0 Å². The van der Waals surface area contributed by atoms with E-state index in [1.54, 1.807) is 0 Å². The summed E-state index contributed by atoms with van der Waals surface area (Å²) in [5.74, 6) is 0. The van der Waals surface area contributed by atoms with Crippen molar-refractivity contribution in [2.24, 2.45) is 11.1 Å². The third kappa shape index (κ3) is 2.33. The van der Waals surface area contributed by atoms with Crippen LogP contribution < -0.4 is 5.73 Å². The normalized spacial score (nSPS) is 20.8. The highest BCUT2D eigenvalue weighted by Gasteiger charge is 2.33. The molecule has 1 unspecified atom stereocenters. The Morgan fingerprint density at radius 2 is 2.05 bits per heavy atom. The molecule has 1 aromatic heterocycles. The lowest BCUT2D eigenvalue weighted by atomic mass is 9.74. The molecule has 0 saturated carbocycles. The minimum atomic E-state index is 0.154. The molecule has 3 rings (SSSR count). The maximum Gasteiger partial charge on any atom is 0.0466 e. The molecule has 1 heterocycles. The van der Waals surface area contributed by atoms with Crippen LogP contribution in [-0.2, 0) is 6.42 Å². The van der Waals surface area contributed by atoms with Gasteiger partial charge in [0.25, 0.3) is 0 Å². The Kier molecular flexibility index (Phi) is 3.30. The lowest BCUT2D eigenvalue weighted by molar-refractivity contribution is 0.278. The van der Waals surface area contributed by atoms with Crippen LogP contribution in [0.5, 0.6) is 0 Å². The summed E-state index contributed by atoms with van der Waals surface area (Å²) in [5.41, 5.74) is 11.8. The molecular weight excluding hydrogens is 312 g/mol. The van der Waals surface area contributed by atoms with Gasteiger partial charge < -0.3 is 10.3 Å². The Bertz CT molecular complexity index is 655. The molecule has 106 valence electrons. The second kappa shape index (κ2) is 4.74. The van der Waals surface area contributed by atoms with E-state index in [9.17, 15) is 0 Å². The lowest BCUT2D eigenvalue weighted by Gasteiger charge is -2.34. The van der Waals surface area contributed by atoms with E-state index in [4.69, 9.17) is 5.73 Å². The first kappa shape index (κ1) is 13.9. The Balaban J connectivity index is 2.19. The highest BCUT2D eigenvalue weighted by atomic mass is 79.9. The summed E-state index contributed by atoms with van der Waals surface area (Å²) in [6.45, 7) is 6.78. The first-order valence-electron chi connectivity index (χ1n) is 7.10. The van der Waals surface area contributed by atoms with E-state index in [1.807, 2.05) is 0 Å². The zero-order valence-electron chi connectivity index (χ0n) is 12.3. The number of aryl methyl sites for hydroxylation is 1. The molecule has 2 N–H and O–H groups in total. The Labute approximate surface area is 129 Å². The van der Waals surface area contributed by atoms with Crippen molar-refractivity contribution < 1.29 is 0 Å². The summed E-state index contributed by atoms with van der Waals surface area (Å²) in [6, 6.07) is 10.9. The van der Waals surface area contributed by atoms with Gasteiger partial charge in [-0.2, -0.15) is 0 Å². The van der Waals surface area contributed by atoms with E-state index in [0.717, 1.165) is 17.3 Å². The molecule has 0 aliphatic heterocycles. The van der Waals surface area contributed by atoms with Gasteiger partial charge >= 0.3 is 0 Å². The molecule has 0 radical (unpaired) electrons. The minimum Gasteiger partial charge on any atom is -0.324 e. The number of rotatable bonds is 1. The standard InChI is InChI=1S/C17H21BrN2/c1-11-7-14-15(19)9-17(2,3)10-16(14)20(11)13-6-4-5-12(18)8-13/h4-8,15H,9-10,19H2,1-3H3. The van der Waals surface area contributed by atoms with Crippen LogP contribution in [0, 0.1) is 12.3 Å². The van der Waals surface area contributed by atoms with Crippen molar-refractivity contribution in [2.45, 2.75) is 39.7 Å². The molecule has 0 bridgehead atoms. The molecule has 1 aliphatic carbocycles. The molecule has 20 heavy (non-hydrogen) atoms. The Morgan fingerprint density at radius 1 is 1.30 bits per heavy atom. The molecule has 0 amide bonds. The van der Waals surface area contributed by atoms with Crippen molar-refractivity contribution in [1.82, 2.24) is 4.57 Å². The number of nitrogens with zero attached hydrogens (tertiary/aromatic N) is 1. The largest absolute Gasteiger partial charge is 0.324 e. The number of nitrogens with two attached hydrogens (primary N) is 1. The van der Waals surface area contributed by atoms with Crippen LogP contribution in [0.4, 0.5) is 0 Å². The zero-order valence-corrected chi connectivity index (χ0v) is 13.9. The molecule has 1 aliphatic rings. The van der Waals surface area contributed by atoms with Gasteiger partial charge in [0.2, 0.25) is 0 Å². The van der Waals surface area contributed by atoms with Gasteiger partial charge in [0.1, 0.15) is 0 Å². The molecular formula is C17H21BrN2. The van der Waals surface area contributed by atoms with E-state index in [-0.39, 0.29) is 11.5 Å². The third-order valence-electron chi connectivity index (χ3n) is 4.20. The van der Waals surface area contributed by atoms with Crippen LogP contribution in [0.1, 0.15) is 43.3 Å². The monoisotopic (exact) mass is 332 g/mol. The average Bonchev–Trinajstić information content (AvgIpc) is 2.64. The highest BCUT2D eigenvalue weighted by molar-refractivity contribution is 9.10. The molecule has 2 nitrogen and oxygen atoms in total. The summed E-state index contributed by atoms with van der Waals surface area (Å²) in [6.07, 6.45) is 2.14. The van der Waals surface area contributed by atoms with Crippen LogP contribution in [0.3, 0.4) is 0 Å². The fraction of sp³-hybridized carbons (Fsp3) is 0.412. The van der Waals surface area contributed by atoms with Crippen molar-refractivity contribution in [1.29, 1.82) is 0 Å². The van der Waals surface area contributed by atoms with Crippen LogP contribution in [0.2, 0.25) is 0 Å². The maximum absolute atomic E-state index is 6.39. The molecule has 1 atom stereocenters. The number of aromatic nitrogens is 1. The van der Waals surface area contributed by atoms with Crippen molar-refractivity contribution in [3.8, 4) is 5.69 Å². The number of halogens is 1. The fourth-order valence-electron chi connectivity index (χ4n) is 3.42. The van der Waals surface area contributed by atoms with Crippen LogP contribution in [0.25, 0.3) is 5.69 Å². The number of fused-ring (bicyclic) bond motifs is 1. The highest BCUT2D eigenvalue weighted by Crippen LogP contribution is 2.41. The summed E-state index contributed by atoms with van der Waals surface area (Å²) in [7, 11) is 0. The summed E-state index contributed by atoms with van der Waals surface area (Å²) >= 11 is 3.56. The van der Waals surface area contributed by atoms with Crippen molar-refractivity contribution >= 4 is 15.9 Å². The molecule has 0 spiro atoms. The van der Waals surface area contributed by atoms with Crippen LogP contribution in [0.15, 0.2) is 34.8 Å². The second-order valence-corrected chi connectivity index (χ2v) is 7.57. The van der Waals surface area contributed by atoms with Crippen molar-refractivity contribution in [2.75, 3.05) is 0 Å². The predicted molar refractivity (Wildman–Crippen MR) is 87.2 cm³/mol. The van der Waals surface area contributed by atoms with Gasteiger partial charge in [-0.1, -0.05) is 35.8 Å². The quantitative estimate of drug-likeness (QED) is 0.817. The number of hydrogen-bond acceptors (Lipinski definition) is 1. The molecule has 1 aromatic carbocycles. The maximum atomic E-state index is 6.39. The Morgan fingerprint density at radius 3 is 2.75 bits per heavy atom. The summed E-state index contributed by atoms with van der Waals surface area (Å²) in [4.78, 5) is 0. The fourth-order valence-corrected chi connectivity index (χ4v) is 3.81. The number of hydrogen-bond donors (Lipinski definition) is 1. The van der Waals surface area contributed by atoms with Crippen molar-refractivity contribution in [3.63, 3.8) is 0 Å². The minimum absolute atomic E-state index is 0.154. The SMILES string of the molecule is Cc1cc2c(n1-c1cccc(Br)c1)CC(C)(C)CC2N. The predicted octanol–water partition coefficient (Wildman–Crippen LogP) is 4.52. The van der Waals surface area contributed by atoms with E-state index in [1.165, 1.54) is 22.6 Å². The van der Waals surface area contributed by atoms with Crippen LogP contribution >= 0.6 is 15.9 Å². The van der Waals surface area contributed by atoms with Gasteiger partial charge in [-0.15, -0.1) is 0 Å². The van der Waals surface area contributed by atoms with Gasteiger partial charge in [-0.3, -0.25) is 0 Å². The lowest BCUT2D eigenvalue weighted by Crippen LogP contribution is -2.30. The van der Waals surface area contributed by atoms with Gasteiger partial charge in [-0.25, -0.2) is 0 Å². The smallest absolute Gasteiger partial charge is 0.0466 e. The molecule has 2 aromatic rings. The van der Waals surface area contributed by atoms with Crippen LogP contribution in [-0.4, -0.2) is 4.57 Å². The number of benzene rings is 1.